The highest BCUT2D eigenvalue weighted by molar-refractivity contribution is 5.95. The molecule has 0 unspecified atom stereocenters. The summed E-state index contributed by atoms with van der Waals surface area (Å²) in [4.78, 5) is 16.6. The highest BCUT2D eigenvalue weighted by atomic mass is 19.1. The SMILES string of the molecule is CCCCCCCN1C=CN(CCCC(=O)c2ccc(F)cc2)C1. The molecule has 132 valence electrons. The van der Waals surface area contributed by atoms with Crippen molar-refractivity contribution in [2.24, 2.45) is 0 Å². The van der Waals surface area contributed by atoms with Gasteiger partial charge in [-0.2, -0.15) is 0 Å². The number of benzene rings is 1. The van der Waals surface area contributed by atoms with Crippen molar-refractivity contribution in [2.75, 3.05) is 19.8 Å². The molecule has 2 rings (SSSR count). The molecule has 0 bridgehead atoms. The molecule has 0 aliphatic carbocycles. The van der Waals surface area contributed by atoms with Crippen LogP contribution in [0.5, 0.6) is 0 Å². The fourth-order valence-electron chi connectivity index (χ4n) is 2.95. The van der Waals surface area contributed by atoms with Gasteiger partial charge in [-0.15, -0.1) is 0 Å². The van der Waals surface area contributed by atoms with Gasteiger partial charge in [-0.05, 0) is 37.1 Å². The van der Waals surface area contributed by atoms with Gasteiger partial charge in [0.05, 0.1) is 6.67 Å². The number of carbonyl (C=O) groups excluding carboxylic acids is 1. The van der Waals surface area contributed by atoms with Gasteiger partial charge in [0.15, 0.2) is 5.78 Å². The van der Waals surface area contributed by atoms with E-state index >= 15 is 0 Å². The summed E-state index contributed by atoms with van der Waals surface area (Å²) in [7, 11) is 0. The summed E-state index contributed by atoms with van der Waals surface area (Å²) in [6, 6.07) is 5.81. The summed E-state index contributed by atoms with van der Waals surface area (Å²) >= 11 is 0. The normalized spacial score (nSPS) is 13.8. The first-order valence-electron chi connectivity index (χ1n) is 9.14. The van der Waals surface area contributed by atoms with Gasteiger partial charge in [0.25, 0.3) is 0 Å². The number of nitrogens with zero attached hydrogens (tertiary/aromatic N) is 2. The van der Waals surface area contributed by atoms with Crippen molar-refractivity contribution >= 4 is 5.78 Å². The lowest BCUT2D eigenvalue weighted by Crippen LogP contribution is -2.27. The minimum Gasteiger partial charge on any atom is -0.359 e. The molecular formula is C20H29FN2O. The van der Waals surface area contributed by atoms with Crippen molar-refractivity contribution in [1.29, 1.82) is 0 Å². The molecule has 3 nitrogen and oxygen atoms in total. The zero-order valence-corrected chi connectivity index (χ0v) is 14.7. The Morgan fingerprint density at radius 3 is 2.25 bits per heavy atom. The van der Waals surface area contributed by atoms with E-state index < -0.39 is 0 Å². The molecule has 0 N–H and O–H groups in total. The number of ketones is 1. The Hall–Kier alpha value is -1.84. The summed E-state index contributed by atoms with van der Waals surface area (Å²) in [5.41, 5.74) is 0.599. The van der Waals surface area contributed by atoms with Crippen LogP contribution in [0.3, 0.4) is 0 Å². The maximum Gasteiger partial charge on any atom is 0.162 e. The van der Waals surface area contributed by atoms with Gasteiger partial charge in [0, 0.05) is 37.5 Å². The number of carbonyl (C=O) groups is 1. The first-order chi connectivity index (χ1) is 11.7. The maximum atomic E-state index is 12.9. The Kier molecular flexibility index (Phi) is 7.80. The minimum atomic E-state index is -0.302. The van der Waals surface area contributed by atoms with E-state index in [0.29, 0.717) is 12.0 Å². The fraction of sp³-hybridized carbons (Fsp3) is 0.550. The second-order valence-electron chi connectivity index (χ2n) is 6.51. The summed E-state index contributed by atoms with van der Waals surface area (Å²) in [6.45, 7) is 5.17. The predicted octanol–water partition coefficient (Wildman–Crippen LogP) is 4.81. The summed E-state index contributed by atoms with van der Waals surface area (Å²) in [5, 5.41) is 0. The lowest BCUT2D eigenvalue weighted by atomic mass is 10.1. The molecule has 0 saturated heterocycles. The van der Waals surface area contributed by atoms with E-state index in [1.165, 1.54) is 44.2 Å². The van der Waals surface area contributed by atoms with E-state index in [9.17, 15) is 9.18 Å². The lowest BCUT2D eigenvalue weighted by molar-refractivity contribution is 0.0976. The van der Waals surface area contributed by atoms with Gasteiger partial charge in [-0.1, -0.05) is 32.6 Å². The largest absolute Gasteiger partial charge is 0.359 e. The Morgan fingerprint density at radius 1 is 0.958 bits per heavy atom. The van der Waals surface area contributed by atoms with Crippen molar-refractivity contribution in [3.05, 3.63) is 48.0 Å². The number of Topliss-reactive ketones (excluding diaryl/α,β-unsaturated/α-hetero) is 1. The monoisotopic (exact) mass is 332 g/mol. The van der Waals surface area contributed by atoms with Crippen LogP contribution < -0.4 is 0 Å². The van der Waals surface area contributed by atoms with E-state index in [1.807, 2.05) is 0 Å². The van der Waals surface area contributed by atoms with Crippen molar-refractivity contribution in [3.63, 3.8) is 0 Å². The average molecular weight is 332 g/mol. The highest BCUT2D eigenvalue weighted by Gasteiger charge is 2.12. The Balaban J connectivity index is 1.58. The number of halogens is 1. The van der Waals surface area contributed by atoms with Crippen LogP contribution in [0.15, 0.2) is 36.7 Å². The number of hydrogen-bond acceptors (Lipinski definition) is 3. The average Bonchev–Trinajstić information content (AvgIpc) is 3.03. The first kappa shape index (κ1) is 18.5. The van der Waals surface area contributed by atoms with Gasteiger partial charge in [0.1, 0.15) is 5.82 Å². The van der Waals surface area contributed by atoms with Gasteiger partial charge in [-0.25, -0.2) is 4.39 Å². The molecule has 1 aromatic carbocycles. The van der Waals surface area contributed by atoms with Gasteiger partial charge in [-0.3, -0.25) is 4.79 Å². The predicted molar refractivity (Wildman–Crippen MR) is 96.1 cm³/mol. The summed E-state index contributed by atoms with van der Waals surface area (Å²) < 4.78 is 12.9. The maximum absolute atomic E-state index is 12.9. The van der Waals surface area contributed by atoms with Crippen LogP contribution in [0.1, 0.15) is 62.2 Å². The van der Waals surface area contributed by atoms with Crippen LogP contribution in [-0.4, -0.2) is 35.3 Å². The second-order valence-corrected chi connectivity index (χ2v) is 6.51. The molecule has 0 atom stereocenters. The first-order valence-corrected chi connectivity index (χ1v) is 9.14. The zero-order valence-electron chi connectivity index (χ0n) is 14.7. The topological polar surface area (TPSA) is 23.6 Å². The molecule has 4 heteroatoms. The number of rotatable bonds is 11. The molecule has 0 radical (unpaired) electrons. The molecule has 0 amide bonds. The molecule has 24 heavy (non-hydrogen) atoms. The molecule has 1 aliphatic rings. The van der Waals surface area contributed by atoms with E-state index in [4.69, 9.17) is 0 Å². The third kappa shape index (κ3) is 6.34. The van der Waals surface area contributed by atoms with Crippen molar-refractivity contribution in [1.82, 2.24) is 9.80 Å². The summed E-state index contributed by atoms with van der Waals surface area (Å²) in [6.07, 6.45) is 12.1. The minimum absolute atomic E-state index is 0.0888. The molecule has 1 heterocycles. The molecular weight excluding hydrogens is 303 g/mol. The third-order valence-corrected chi connectivity index (χ3v) is 4.42. The summed E-state index contributed by atoms with van der Waals surface area (Å²) in [5.74, 6) is -0.213. The van der Waals surface area contributed by atoms with Gasteiger partial charge in [0.2, 0.25) is 0 Å². The molecule has 0 saturated carbocycles. The second kappa shape index (κ2) is 10.1. The third-order valence-electron chi connectivity index (χ3n) is 4.42. The Labute approximate surface area is 145 Å². The van der Waals surface area contributed by atoms with Crippen LogP contribution in [0, 0.1) is 5.82 Å². The molecule has 1 aromatic rings. The Bertz CT molecular complexity index is 527. The van der Waals surface area contributed by atoms with Crippen LogP contribution >= 0.6 is 0 Å². The van der Waals surface area contributed by atoms with Crippen LogP contribution in [0.25, 0.3) is 0 Å². The van der Waals surface area contributed by atoms with Crippen molar-refractivity contribution in [3.8, 4) is 0 Å². The van der Waals surface area contributed by atoms with E-state index in [1.54, 1.807) is 12.1 Å². The van der Waals surface area contributed by atoms with E-state index in [0.717, 1.165) is 26.2 Å². The quantitative estimate of drug-likeness (QED) is 0.429. The van der Waals surface area contributed by atoms with Crippen LogP contribution in [0.2, 0.25) is 0 Å². The van der Waals surface area contributed by atoms with Gasteiger partial charge >= 0.3 is 0 Å². The lowest BCUT2D eigenvalue weighted by Gasteiger charge is -2.21. The molecule has 0 spiro atoms. The van der Waals surface area contributed by atoms with Crippen LogP contribution in [-0.2, 0) is 0 Å². The Morgan fingerprint density at radius 2 is 1.58 bits per heavy atom. The molecule has 1 aliphatic heterocycles. The highest BCUT2D eigenvalue weighted by Crippen LogP contribution is 2.12. The van der Waals surface area contributed by atoms with E-state index in [-0.39, 0.29) is 11.6 Å². The number of hydrogen-bond donors (Lipinski definition) is 0. The zero-order chi connectivity index (χ0) is 17.2. The molecule has 0 fully saturated rings. The van der Waals surface area contributed by atoms with E-state index in [2.05, 4.69) is 29.1 Å². The van der Waals surface area contributed by atoms with Crippen molar-refractivity contribution in [2.45, 2.75) is 51.9 Å². The fourth-order valence-corrected chi connectivity index (χ4v) is 2.95. The molecule has 0 aromatic heterocycles. The van der Waals surface area contributed by atoms with Gasteiger partial charge < -0.3 is 9.80 Å². The standard InChI is InChI=1S/C20H29FN2O/c1-2-3-4-5-6-13-22-15-16-23(17-22)14-7-8-20(24)18-9-11-19(21)12-10-18/h9-12,15-16H,2-8,13-14,17H2,1H3. The number of unbranched alkanes of at least 4 members (excludes halogenated alkanes) is 4. The smallest absolute Gasteiger partial charge is 0.162 e. The van der Waals surface area contributed by atoms with Crippen LogP contribution in [0.4, 0.5) is 4.39 Å². The van der Waals surface area contributed by atoms with Crippen molar-refractivity contribution < 1.29 is 9.18 Å².